The van der Waals surface area contributed by atoms with Gasteiger partial charge in [0.25, 0.3) is 5.91 Å². The summed E-state index contributed by atoms with van der Waals surface area (Å²) in [5.41, 5.74) is 0.692. The lowest BCUT2D eigenvalue weighted by molar-refractivity contribution is 0.0945. The second kappa shape index (κ2) is 5.51. The molecule has 19 heavy (non-hydrogen) atoms. The van der Waals surface area contributed by atoms with E-state index in [1.807, 2.05) is 13.1 Å². The number of aromatic nitrogens is 2. The van der Waals surface area contributed by atoms with E-state index in [1.54, 1.807) is 10.9 Å². The minimum atomic E-state index is -0.743. The van der Waals surface area contributed by atoms with Crippen LogP contribution in [0.2, 0.25) is 0 Å². The van der Waals surface area contributed by atoms with E-state index in [1.165, 1.54) is 12.1 Å². The van der Waals surface area contributed by atoms with Crippen molar-refractivity contribution in [2.45, 2.75) is 13.5 Å². The quantitative estimate of drug-likeness (QED) is 0.877. The molecule has 100 valence electrons. The van der Waals surface area contributed by atoms with Gasteiger partial charge in [-0.15, -0.1) is 0 Å². The molecule has 0 aliphatic carbocycles. The lowest BCUT2D eigenvalue weighted by Crippen LogP contribution is -2.28. The Morgan fingerprint density at radius 3 is 2.95 bits per heavy atom. The maximum Gasteiger partial charge on any atom is 0.258 e. The first-order valence-electron chi connectivity index (χ1n) is 5.82. The number of nitrogens with zero attached hydrogens (tertiary/aromatic N) is 2. The van der Waals surface area contributed by atoms with Crippen molar-refractivity contribution >= 4 is 5.91 Å². The molecule has 0 aliphatic rings. The van der Waals surface area contributed by atoms with Gasteiger partial charge < -0.3 is 10.4 Å². The fourth-order valence-electron chi connectivity index (χ4n) is 1.70. The molecular formula is C13H14FN3O2. The largest absolute Gasteiger partial charge is 0.507 e. The predicted molar refractivity (Wildman–Crippen MR) is 67.4 cm³/mol. The van der Waals surface area contributed by atoms with E-state index in [2.05, 4.69) is 10.4 Å². The smallest absolute Gasteiger partial charge is 0.258 e. The number of carbonyl (C=O) groups excluding carboxylic acids is 1. The van der Waals surface area contributed by atoms with Crippen molar-refractivity contribution in [1.82, 2.24) is 15.1 Å². The first-order chi connectivity index (χ1) is 9.08. The Kier molecular flexibility index (Phi) is 3.79. The standard InChI is InChI=1S/C13H14FN3O2/c1-9-7-16-17(8-9)6-5-15-13(19)12-10(14)3-2-4-11(12)18/h2-4,7-8,18H,5-6H2,1H3,(H,15,19). The number of hydrogen-bond acceptors (Lipinski definition) is 3. The maximum absolute atomic E-state index is 13.4. The van der Waals surface area contributed by atoms with Crippen LogP contribution in [0.1, 0.15) is 15.9 Å². The van der Waals surface area contributed by atoms with Crippen LogP contribution in [0.25, 0.3) is 0 Å². The number of hydrogen-bond donors (Lipinski definition) is 2. The monoisotopic (exact) mass is 263 g/mol. The minimum absolute atomic E-state index is 0.299. The highest BCUT2D eigenvalue weighted by molar-refractivity contribution is 5.97. The Morgan fingerprint density at radius 2 is 2.32 bits per heavy atom. The molecule has 0 saturated heterocycles. The van der Waals surface area contributed by atoms with Gasteiger partial charge in [0, 0.05) is 12.7 Å². The molecule has 2 rings (SSSR count). The normalized spacial score (nSPS) is 10.4. The fourth-order valence-corrected chi connectivity index (χ4v) is 1.70. The molecule has 1 aromatic carbocycles. The Bertz CT molecular complexity index is 575. The second-order valence-corrected chi connectivity index (χ2v) is 4.17. The molecule has 0 radical (unpaired) electrons. The number of carbonyl (C=O) groups is 1. The fraction of sp³-hybridized carbons (Fsp3) is 0.231. The van der Waals surface area contributed by atoms with Gasteiger partial charge in [0.05, 0.1) is 12.7 Å². The van der Waals surface area contributed by atoms with Crippen molar-refractivity contribution < 1.29 is 14.3 Å². The van der Waals surface area contributed by atoms with Crippen LogP contribution in [0.4, 0.5) is 4.39 Å². The van der Waals surface area contributed by atoms with Crippen LogP contribution in [-0.2, 0) is 6.54 Å². The summed E-state index contributed by atoms with van der Waals surface area (Å²) in [6, 6.07) is 3.74. The van der Waals surface area contributed by atoms with Gasteiger partial charge in [-0.25, -0.2) is 4.39 Å². The molecule has 0 fully saturated rings. The third-order valence-corrected chi connectivity index (χ3v) is 2.61. The molecule has 0 unspecified atom stereocenters. The van der Waals surface area contributed by atoms with E-state index in [-0.39, 0.29) is 11.3 Å². The zero-order valence-electron chi connectivity index (χ0n) is 10.4. The lowest BCUT2D eigenvalue weighted by atomic mass is 10.1. The van der Waals surface area contributed by atoms with Crippen molar-refractivity contribution in [2.75, 3.05) is 6.54 Å². The van der Waals surface area contributed by atoms with E-state index in [4.69, 9.17) is 0 Å². The summed E-state index contributed by atoms with van der Waals surface area (Å²) in [4.78, 5) is 11.7. The van der Waals surface area contributed by atoms with Crippen molar-refractivity contribution in [2.24, 2.45) is 0 Å². The summed E-state index contributed by atoms with van der Waals surface area (Å²) in [7, 11) is 0. The van der Waals surface area contributed by atoms with E-state index < -0.39 is 11.7 Å². The third kappa shape index (κ3) is 3.09. The number of phenolic OH excluding ortho intramolecular Hbond substituents is 1. The molecule has 5 nitrogen and oxygen atoms in total. The van der Waals surface area contributed by atoms with Crippen molar-refractivity contribution in [1.29, 1.82) is 0 Å². The van der Waals surface area contributed by atoms with Gasteiger partial charge in [-0.1, -0.05) is 6.07 Å². The summed E-state index contributed by atoms with van der Waals surface area (Å²) >= 11 is 0. The molecule has 6 heteroatoms. The number of aromatic hydroxyl groups is 1. The summed E-state index contributed by atoms with van der Waals surface area (Å²) in [5.74, 6) is -1.75. The Balaban J connectivity index is 1.94. The molecule has 1 amide bonds. The number of nitrogens with one attached hydrogen (secondary N) is 1. The molecule has 0 spiro atoms. The minimum Gasteiger partial charge on any atom is -0.507 e. The van der Waals surface area contributed by atoms with Crippen molar-refractivity contribution in [3.05, 3.63) is 47.5 Å². The maximum atomic E-state index is 13.4. The highest BCUT2D eigenvalue weighted by Gasteiger charge is 2.15. The van der Waals surface area contributed by atoms with E-state index in [0.717, 1.165) is 11.6 Å². The highest BCUT2D eigenvalue weighted by Crippen LogP contribution is 2.19. The zero-order valence-corrected chi connectivity index (χ0v) is 10.4. The molecular weight excluding hydrogens is 249 g/mol. The van der Waals surface area contributed by atoms with Crippen LogP contribution in [0.3, 0.4) is 0 Å². The van der Waals surface area contributed by atoms with Crippen LogP contribution < -0.4 is 5.32 Å². The molecule has 0 aliphatic heterocycles. The summed E-state index contributed by atoms with van der Waals surface area (Å²) in [5, 5.41) is 16.1. The van der Waals surface area contributed by atoms with E-state index >= 15 is 0 Å². The number of rotatable bonds is 4. The summed E-state index contributed by atoms with van der Waals surface area (Å²) < 4.78 is 15.1. The lowest BCUT2D eigenvalue weighted by Gasteiger charge is -2.07. The third-order valence-electron chi connectivity index (χ3n) is 2.61. The molecule has 0 bridgehead atoms. The van der Waals surface area contributed by atoms with Crippen LogP contribution in [-0.4, -0.2) is 27.3 Å². The molecule has 1 heterocycles. The number of aryl methyl sites for hydroxylation is 1. The average Bonchev–Trinajstić information content (AvgIpc) is 2.75. The van der Waals surface area contributed by atoms with E-state index in [0.29, 0.717) is 13.1 Å². The van der Waals surface area contributed by atoms with Crippen LogP contribution >= 0.6 is 0 Å². The molecule has 1 aromatic heterocycles. The summed E-state index contributed by atoms with van der Waals surface area (Å²) in [6.45, 7) is 2.70. The van der Waals surface area contributed by atoms with Gasteiger partial charge in [-0.2, -0.15) is 5.10 Å². The SMILES string of the molecule is Cc1cnn(CCNC(=O)c2c(O)cccc2F)c1. The number of phenols is 1. The van der Waals surface area contributed by atoms with Gasteiger partial charge in [0.15, 0.2) is 0 Å². The Labute approximate surface area is 109 Å². The molecule has 0 atom stereocenters. The van der Waals surface area contributed by atoms with Crippen LogP contribution in [0, 0.1) is 12.7 Å². The van der Waals surface area contributed by atoms with E-state index in [9.17, 15) is 14.3 Å². The average molecular weight is 263 g/mol. The van der Waals surface area contributed by atoms with Crippen molar-refractivity contribution in [3.63, 3.8) is 0 Å². The van der Waals surface area contributed by atoms with Crippen LogP contribution in [0.15, 0.2) is 30.6 Å². The molecule has 0 saturated carbocycles. The van der Waals surface area contributed by atoms with Gasteiger partial charge in [-0.3, -0.25) is 9.48 Å². The van der Waals surface area contributed by atoms with Gasteiger partial charge in [0.2, 0.25) is 0 Å². The number of benzene rings is 1. The first kappa shape index (κ1) is 13.1. The van der Waals surface area contributed by atoms with Gasteiger partial charge in [-0.05, 0) is 24.6 Å². The zero-order chi connectivity index (χ0) is 13.8. The number of amides is 1. The van der Waals surface area contributed by atoms with Crippen molar-refractivity contribution in [3.8, 4) is 5.75 Å². The second-order valence-electron chi connectivity index (χ2n) is 4.17. The molecule has 2 N–H and O–H groups in total. The Hall–Kier alpha value is -2.37. The Morgan fingerprint density at radius 1 is 1.53 bits per heavy atom. The first-order valence-corrected chi connectivity index (χ1v) is 5.82. The van der Waals surface area contributed by atoms with Gasteiger partial charge in [0.1, 0.15) is 17.1 Å². The highest BCUT2D eigenvalue weighted by atomic mass is 19.1. The number of halogens is 1. The summed E-state index contributed by atoms with van der Waals surface area (Å²) in [6.07, 6.45) is 3.55. The predicted octanol–water partition coefficient (Wildman–Crippen LogP) is 1.47. The van der Waals surface area contributed by atoms with Crippen LogP contribution in [0.5, 0.6) is 5.75 Å². The topological polar surface area (TPSA) is 67.2 Å². The van der Waals surface area contributed by atoms with Gasteiger partial charge >= 0.3 is 0 Å². The molecule has 2 aromatic rings.